The predicted octanol–water partition coefficient (Wildman–Crippen LogP) is 4.11. The summed E-state index contributed by atoms with van der Waals surface area (Å²) < 4.78 is 1.72. The number of aryl methyl sites for hydroxylation is 2. The molecule has 2 amide bonds. The Labute approximate surface area is 162 Å². The predicted molar refractivity (Wildman–Crippen MR) is 107 cm³/mol. The highest BCUT2D eigenvalue weighted by atomic mass is 16.3. The van der Waals surface area contributed by atoms with Crippen LogP contribution in [0.25, 0.3) is 10.9 Å². The number of hydrogen-bond acceptors (Lipinski definition) is 4. The minimum atomic E-state index is -0.474. The van der Waals surface area contributed by atoms with Crippen molar-refractivity contribution >= 4 is 28.4 Å². The van der Waals surface area contributed by atoms with Crippen LogP contribution >= 0.6 is 0 Å². The second kappa shape index (κ2) is 8.47. The maximum atomic E-state index is 12.0. The number of rotatable bonds is 6. The van der Waals surface area contributed by atoms with Crippen LogP contribution in [0.1, 0.15) is 29.3 Å². The molecular formula is C21H22N4O3. The summed E-state index contributed by atoms with van der Waals surface area (Å²) in [4.78, 5) is 24.0. The van der Waals surface area contributed by atoms with E-state index < -0.39 is 5.91 Å². The molecule has 0 atom stereocenters. The molecule has 0 aliphatic heterocycles. The number of aromatic nitrogens is 1. The van der Waals surface area contributed by atoms with Crippen molar-refractivity contribution in [3.05, 3.63) is 59.7 Å². The van der Waals surface area contributed by atoms with Gasteiger partial charge in [-0.2, -0.15) is 0 Å². The number of nitrogens with one attached hydrogen (secondary N) is 1. The van der Waals surface area contributed by atoms with E-state index in [1.165, 1.54) is 0 Å². The highest BCUT2D eigenvalue weighted by Crippen LogP contribution is 2.39. The van der Waals surface area contributed by atoms with Crippen LogP contribution in [0.2, 0.25) is 0 Å². The second-order valence-electron chi connectivity index (χ2n) is 6.40. The Morgan fingerprint density at radius 3 is 2.61 bits per heavy atom. The third-order valence-corrected chi connectivity index (χ3v) is 4.40. The zero-order valence-electron chi connectivity index (χ0n) is 15.8. The van der Waals surface area contributed by atoms with Crippen LogP contribution in [0.15, 0.2) is 58.8 Å². The van der Waals surface area contributed by atoms with E-state index in [2.05, 4.69) is 15.5 Å². The molecule has 7 nitrogen and oxygen atoms in total. The van der Waals surface area contributed by atoms with E-state index in [1.54, 1.807) is 28.8 Å². The third-order valence-electron chi connectivity index (χ3n) is 4.40. The lowest BCUT2D eigenvalue weighted by Crippen LogP contribution is -2.25. The average Bonchev–Trinajstić information content (AvgIpc) is 2.96. The Morgan fingerprint density at radius 1 is 1.14 bits per heavy atom. The van der Waals surface area contributed by atoms with Crippen molar-refractivity contribution in [1.29, 1.82) is 0 Å². The SMILES string of the molecule is CCn1c(O)c(N=NC(=O)CCNC(=O)c2ccccc2)c2cc(C)ccc21. The molecule has 3 aromatic rings. The van der Waals surface area contributed by atoms with Gasteiger partial charge < -0.3 is 15.0 Å². The molecule has 144 valence electrons. The van der Waals surface area contributed by atoms with Gasteiger partial charge in [-0.3, -0.25) is 9.59 Å². The van der Waals surface area contributed by atoms with E-state index in [-0.39, 0.29) is 30.4 Å². The molecule has 0 saturated carbocycles. The number of carbonyl (C=O) groups is 2. The summed E-state index contributed by atoms with van der Waals surface area (Å²) in [6, 6.07) is 14.5. The van der Waals surface area contributed by atoms with Crippen LogP contribution < -0.4 is 5.32 Å². The van der Waals surface area contributed by atoms with Crippen LogP contribution in [0.3, 0.4) is 0 Å². The van der Waals surface area contributed by atoms with Gasteiger partial charge >= 0.3 is 0 Å². The summed E-state index contributed by atoms with van der Waals surface area (Å²) in [5, 5.41) is 21.6. The van der Waals surface area contributed by atoms with Crippen LogP contribution in [0, 0.1) is 6.92 Å². The fourth-order valence-electron chi connectivity index (χ4n) is 2.99. The van der Waals surface area contributed by atoms with Crippen LogP contribution in [-0.4, -0.2) is 28.0 Å². The van der Waals surface area contributed by atoms with Crippen LogP contribution in [-0.2, 0) is 11.3 Å². The molecule has 3 rings (SSSR count). The van der Waals surface area contributed by atoms with Gasteiger partial charge in [0.2, 0.25) is 5.88 Å². The van der Waals surface area contributed by atoms with Gasteiger partial charge in [-0.25, -0.2) is 0 Å². The Hall–Kier alpha value is -3.48. The van der Waals surface area contributed by atoms with E-state index in [0.717, 1.165) is 16.5 Å². The van der Waals surface area contributed by atoms with Crippen LogP contribution in [0.4, 0.5) is 5.69 Å². The standard InChI is InChI=1S/C21H22N4O3/c1-3-25-17-10-9-14(2)13-16(17)19(21(25)28)24-23-18(26)11-12-22-20(27)15-7-5-4-6-8-15/h4-10,13,28H,3,11-12H2,1-2H3,(H,22,27). The van der Waals surface area contributed by atoms with Crippen molar-refractivity contribution in [2.45, 2.75) is 26.8 Å². The number of carbonyl (C=O) groups excluding carboxylic acids is 2. The van der Waals surface area contributed by atoms with E-state index in [0.29, 0.717) is 12.1 Å². The first kappa shape index (κ1) is 19.3. The van der Waals surface area contributed by atoms with Gasteiger partial charge in [0.1, 0.15) is 0 Å². The Morgan fingerprint density at radius 2 is 1.89 bits per heavy atom. The van der Waals surface area contributed by atoms with E-state index in [4.69, 9.17) is 0 Å². The molecule has 0 aliphatic rings. The Kier molecular flexibility index (Phi) is 5.84. The smallest absolute Gasteiger partial charge is 0.266 e. The minimum Gasteiger partial charge on any atom is -0.493 e. The molecular weight excluding hydrogens is 356 g/mol. The number of amides is 2. The summed E-state index contributed by atoms with van der Waals surface area (Å²) in [7, 11) is 0. The van der Waals surface area contributed by atoms with Crippen molar-refractivity contribution in [3.8, 4) is 5.88 Å². The maximum Gasteiger partial charge on any atom is 0.266 e. The lowest BCUT2D eigenvalue weighted by atomic mass is 10.1. The molecule has 0 spiro atoms. The molecule has 0 aliphatic carbocycles. The number of benzene rings is 2. The molecule has 0 bridgehead atoms. The van der Waals surface area contributed by atoms with E-state index >= 15 is 0 Å². The van der Waals surface area contributed by atoms with Gasteiger partial charge in [-0.05, 0) is 38.1 Å². The highest BCUT2D eigenvalue weighted by Gasteiger charge is 2.16. The molecule has 0 unspecified atom stereocenters. The summed E-state index contributed by atoms with van der Waals surface area (Å²) in [6.07, 6.45) is 0.0221. The zero-order valence-corrected chi connectivity index (χ0v) is 15.8. The number of aromatic hydroxyl groups is 1. The molecule has 7 heteroatoms. The molecule has 1 aromatic heterocycles. The van der Waals surface area contributed by atoms with E-state index in [1.807, 2.05) is 38.1 Å². The van der Waals surface area contributed by atoms with Crippen molar-refractivity contribution in [2.75, 3.05) is 6.54 Å². The molecule has 2 N–H and O–H groups in total. The molecule has 1 heterocycles. The molecule has 28 heavy (non-hydrogen) atoms. The van der Waals surface area contributed by atoms with Gasteiger partial charge in [0, 0.05) is 30.5 Å². The zero-order chi connectivity index (χ0) is 20.1. The van der Waals surface area contributed by atoms with Crippen LogP contribution in [0.5, 0.6) is 5.88 Å². The largest absolute Gasteiger partial charge is 0.493 e. The Bertz CT molecular complexity index is 1040. The topological polar surface area (TPSA) is 96.0 Å². The molecule has 0 radical (unpaired) electrons. The fourth-order valence-corrected chi connectivity index (χ4v) is 2.99. The van der Waals surface area contributed by atoms with E-state index in [9.17, 15) is 14.7 Å². The van der Waals surface area contributed by atoms with Crippen molar-refractivity contribution < 1.29 is 14.7 Å². The normalized spacial score (nSPS) is 11.2. The van der Waals surface area contributed by atoms with Gasteiger partial charge in [-0.15, -0.1) is 10.2 Å². The number of fused-ring (bicyclic) bond motifs is 1. The average molecular weight is 378 g/mol. The second-order valence-corrected chi connectivity index (χ2v) is 6.40. The lowest BCUT2D eigenvalue weighted by molar-refractivity contribution is -0.118. The number of azo groups is 1. The first-order chi connectivity index (χ1) is 13.5. The Balaban J connectivity index is 1.67. The van der Waals surface area contributed by atoms with Gasteiger partial charge in [0.05, 0.1) is 5.52 Å². The van der Waals surface area contributed by atoms with Gasteiger partial charge in [0.25, 0.3) is 11.8 Å². The molecule has 0 saturated heterocycles. The summed E-state index contributed by atoms with van der Waals surface area (Å²) in [6.45, 7) is 4.59. The molecule has 2 aromatic carbocycles. The monoisotopic (exact) mass is 378 g/mol. The van der Waals surface area contributed by atoms with Gasteiger partial charge in [0.15, 0.2) is 5.69 Å². The maximum absolute atomic E-state index is 12.0. The van der Waals surface area contributed by atoms with Crippen molar-refractivity contribution in [3.63, 3.8) is 0 Å². The molecule has 0 fully saturated rings. The minimum absolute atomic E-state index is 0.0166. The third kappa shape index (κ3) is 4.09. The van der Waals surface area contributed by atoms with Gasteiger partial charge in [-0.1, -0.05) is 29.8 Å². The first-order valence-electron chi connectivity index (χ1n) is 9.11. The number of hydrogen-bond donors (Lipinski definition) is 2. The quantitative estimate of drug-likeness (QED) is 0.632. The van der Waals surface area contributed by atoms with Crippen molar-refractivity contribution in [1.82, 2.24) is 9.88 Å². The van der Waals surface area contributed by atoms with Crippen molar-refractivity contribution in [2.24, 2.45) is 10.2 Å². The summed E-state index contributed by atoms with van der Waals surface area (Å²) in [5.74, 6) is -0.737. The first-order valence-corrected chi connectivity index (χ1v) is 9.11. The number of nitrogens with zero attached hydrogens (tertiary/aromatic N) is 3. The highest BCUT2D eigenvalue weighted by molar-refractivity contribution is 5.96. The summed E-state index contributed by atoms with van der Waals surface area (Å²) >= 11 is 0. The summed E-state index contributed by atoms with van der Waals surface area (Å²) in [5.41, 5.74) is 2.67. The fraction of sp³-hybridized carbons (Fsp3) is 0.238. The lowest BCUT2D eigenvalue weighted by Gasteiger charge is -2.02.